The third-order valence-electron chi connectivity index (χ3n) is 4.59. The number of aromatic nitrogens is 1. The molecular formula is C23H17N3O2. The molecule has 0 spiro atoms. The molecule has 0 amide bonds. The summed E-state index contributed by atoms with van der Waals surface area (Å²) in [5.74, 6) is 1.12. The van der Waals surface area contributed by atoms with E-state index in [1.54, 1.807) is 6.07 Å². The van der Waals surface area contributed by atoms with E-state index in [-0.39, 0.29) is 6.61 Å². The number of benzene rings is 2. The van der Waals surface area contributed by atoms with Gasteiger partial charge in [-0.3, -0.25) is 0 Å². The van der Waals surface area contributed by atoms with E-state index in [0.29, 0.717) is 23.7 Å². The van der Waals surface area contributed by atoms with E-state index in [4.69, 9.17) is 14.7 Å². The minimum Gasteiger partial charge on any atom is -0.492 e. The number of ether oxygens (including phenoxy) is 2. The van der Waals surface area contributed by atoms with Crippen LogP contribution in [-0.2, 0) is 6.42 Å². The maximum atomic E-state index is 9.77. The van der Waals surface area contributed by atoms with Crippen molar-refractivity contribution in [1.82, 2.24) is 4.40 Å². The van der Waals surface area contributed by atoms with Gasteiger partial charge in [-0.15, -0.1) is 0 Å². The third-order valence-corrected chi connectivity index (χ3v) is 4.59. The van der Waals surface area contributed by atoms with Crippen molar-refractivity contribution < 1.29 is 9.47 Å². The first-order chi connectivity index (χ1) is 13.8. The third kappa shape index (κ3) is 3.22. The fraction of sp³-hybridized carbons (Fsp3) is 0.130. The van der Waals surface area contributed by atoms with Crippen LogP contribution < -0.4 is 9.47 Å². The number of fused-ring (bicyclic) bond motifs is 3. The zero-order valence-corrected chi connectivity index (χ0v) is 15.1. The summed E-state index contributed by atoms with van der Waals surface area (Å²) in [6.45, 7) is 0.418. The van der Waals surface area contributed by atoms with Gasteiger partial charge >= 0.3 is 0 Å². The van der Waals surface area contributed by atoms with Crippen LogP contribution >= 0.6 is 0 Å². The Bertz CT molecular complexity index is 1210. The topological polar surface area (TPSA) is 70.4 Å². The summed E-state index contributed by atoms with van der Waals surface area (Å²) in [6.07, 6.45) is 2.65. The Hall–Kier alpha value is -3.96. The summed E-state index contributed by atoms with van der Waals surface area (Å²) in [7, 11) is 0. The van der Waals surface area contributed by atoms with Crippen molar-refractivity contribution in [1.29, 1.82) is 10.5 Å². The van der Waals surface area contributed by atoms with Gasteiger partial charge in [0.1, 0.15) is 23.6 Å². The van der Waals surface area contributed by atoms with Crippen LogP contribution in [0.1, 0.15) is 11.1 Å². The molecule has 136 valence electrons. The van der Waals surface area contributed by atoms with Gasteiger partial charge in [0, 0.05) is 24.8 Å². The number of rotatable bonds is 6. The van der Waals surface area contributed by atoms with Crippen molar-refractivity contribution in [2.75, 3.05) is 13.2 Å². The molecule has 2 heterocycles. The van der Waals surface area contributed by atoms with Gasteiger partial charge in [0.15, 0.2) is 6.61 Å². The lowest BCUT2D eigenvalue weighted by atomic mass is 10.1. The summed E-state index contributed by atoms with van der Waals surface area (Å²) >= 11 is 0. The fourth-order valence-electron chi connectivity index (χ4n) is 3.35. The first kappa shape index (κ1) is 17.5. The Morgan fingerprint density at radius 2 is 1.71 bits per heavy atom. The second kappa shape index (κ2) is 7.73. The molecule has 0 aliphatic rings. The smallest absolute Gasteiger partial charge is 0.174 e. The van der Waals surface area contributed by atoms with Crippen molar-refractivity contribution in [2.45, 2.75) is 6.42 Å². The molecule has 0 aliphatic heterocycles. The predicted molar refractivity (Wildman–Crippen MR) is 106 cm³/mol. The molecule has 5 heteroatoms. The van der Waals surface area contributed by atoms with Gasteiger partial charge in [0.05, 0.1) is 28.6 Å². The molecule has 0 radical (unpaired) electrons. The Balaban J connectivity index is 1.78. The number of hydrogen-bond acceptors (Lipinski definition) is 4. The minimum absolute atomic E-state index is 0.0522. The second-order valence-electron chi connectivity index (χ2n) is 6.29. The van der Waals surface area contributed by atoms with Crippen molar-refractivity contribution >= 4 is 16.4 Å². The molecule has 2 aromatic heterocycles. The molecular weight excluding hydrogens is 350 g/mol. The Morgan fingerprint density at radius 1 is 0.893 bits per heavy atom. The molecule has 4 rings (SSSR count). The Labute approximate surface area is 162 Å². The molecule has 0 N–H and O–H groups in total. The van der Waals surface area contributed by atoms with Crippen molar-refractivity contribution in [3.8, 4) is 23.6 Å². The standard InChI is InChI=1S/C23H17N3O2/c24-10-13-27-18-14-21-23(19(16-25)20-8-4-5-11-26(20)21)22(15-18)28-12-9-17-6-2-1-3-7-17/h1-8,11,14-15H,9,12-13H2. The fourth-order valence-corrected chi connectivity index (χ4v) is 3.35. The van der Waals surface area contributed by atoms with Crippen LogP contribution in [0.3, 0.4) is 0 Å². The van der Waals surface area contributed by atoms with Gasteiger partial charge in [-0.05, 0) is 17.7 Å². The number of hydrogen-bond donors (Lipinski definition) is 0. The minimum atomic E-state index is -0.0522. The average molecular weight is 367 g/mol. The second-order valence-corrected chi connectivity index (χ2v) is 6.29. The van der Waals surface area contributed by atoms with Crippen LogP contribution in [0.25, 0.3) is 16.4 Å². The van der Waals surface area contributed by atoms with Crippen molar-refractivity contribution in [2.24, 2.45) is 0 Å². The molecule has 0 saturated carbocycles. The van der Waals surface area contributed by atoms with E-state index in [1.165, 1.54) is 5.56 Å². The Kier molecular flexibility index (Phi) is 4.82. The number of nitrogens with zero attached hydrogens (tertiary/aromatic N) is 3. The maximum Gasteiger partial charge on any atom is 0.174 e. The number of nitriles is 2. The summed E-state index contributed by atoms with van der Waals surface area (Å²) in [5.41, 5.74) is 3.37. The van der Waals surface area contributed by atoms with Crippen molar-refractivity contribution in [3.63, 3.8) is 0 Å². The van der Waals surface area contributed by atoms with E-state index in [0.717, 1.165) is 22.8 Å². The van der Waals surface area contributed by atoms with Gasteiger partial charge in [-0.25, -0.2) is 0 Å². The lowest BCUT2D eigenvalue weighted by molar-refractivity contribution is 0.320. The van der Waals surface area contributed by atoms with Gasteiger partial charge in [-0.1, -0.05) is 36.4 Å². The van der Waals surface area contributed by atoms with E-state index >= 15 is 0 Å². The van der Waals surface area contributed by atoms with Crippen LogP contribution in [0.4, 0.5) is 0 Å². The lowest BCUT2D eigenvalue weighted by Gasteiger charge is -2.11. The molecule has 0 fully saturated rings. The van der Waals surface area contributed by atoms with Crippen LogP contribution in [0.5, 0.6) is 11.5 Å². The average Bonchev–Trinajstić information content (AvgIpc) is 3.07. The summed E-state index contributed by atoms with van der Waals surface area (Å²) in [6, 6.07) is 23.7. The highest BCUT2D eigenvalue weighted by atomic mass is 16.5. The predicted octanol–water partition coefficient (Wildman–Crippen LogP) is 4.49. The first-order valence-corrected chi connectivity index (χ1v) is 8.95. The van der Waals surface area contributed by atoms with Gasteiger partial charge in [0.25, 0.3) is 0 Å². The van der Waals surface area contributed by atoms with Crippen molar-refractivity contribution in [3.05, 3.63) is 78.0 Å². The molecule has 0 saturated heterocycles. The SMILES string of the molecule is N#CCOc1cc(OCCc2ccccc2)c2c(C#N)c3ccccn3c2c1. The Morgan fingerprint density at radius 3 is 2.50 bits per heavy atom. The summed E-state index contributed by atoms with van der Waals surface area (Å²) in [5, 5.41) is 19.4. The molecule has 0 unspecified atom stereocenters. The molecule has 0 aliphatic carbocycles. The van der Waals surface area contributed by atoms with E-state index < -0.39 is 0 Å². The van der Waals surface area contributed by atoms with Crippen LogP contribution in [0.2, 0.25) is 0 Å². The summed E-state index contributed by atoms with van der Waals surface area (Å²) < 4.78 is 13.6. The van der Waals surface area contributed by atoms with Gasteiger partial charge in [-0.2, -0.15) is 10.5 Å². The normalized spacial score (nSPS) is 10.5. The molecule has 0 bridgehead atoms. The van der Waals surface area contributed by atoms with Crippen LogP contribution in [0.15, 0.2) is 66.9 Å². The van der Waals surface area contributed by atoms with Gasteiger partial charge in [0.2, 0.25) is 0 Å². The quantitative estimate of drug-likeness (QED) is 0.503. The molecule has 0 atom stereocenters. The maximum absolute atomic E-state index is 9.77. The molecule has 28 heavy (non-hydrogen) atoms. The zero-order valence-electron chi connectivity index (χ0n) is 15.1. The monoisotopic (exact) mass is 367 g/mol. The van der Waals surface area contributed by atoms with E-state index in [9.17, 15) is 5.26 Å². The molecule has 4 aromatic rings. The largest absolute Gasteiger partial charge is 0.492 e. The highest BCUT2D eigenvalue weighted by Gasteiger charge is 2.18. The highest BCUT2D eigenvalue weighted by molar-refractivity contribution is 6.00. The zero-order chi connectivity index (χ0) is 19.3. The first-order valence-electron chi connectivity index (χ1n) is 8.95. The van der Waals surface area contributed by atoms with Gasteiger partial charge < -0.3 is 13.9 Å². The number of pyridine rings is 1. The highest BCUT2D eigenvalue weighted by Crippen LogP contribution is 2.37. The van der Waals surface area contributed by atoms with E-state index in [2.05, 4.69) is 18.2 Å². The molecule has 2 aromatic carbocycles. The lowest BCUT2D eigenvalue weighted by Crippen LogP contribution is -2.02. The molecule has 5 nitrogen and oxygen atoms in total. The van der Waals surface area contributed by atoms with E-state index in [1.807, 2.05) is 59.1 Å². The van der Waals surface area contributed by atoms with Crippen LogP contribution in [-0.4, -0.2) is 17.6 Å². The summed E-state index contributed by atoms with van der Waals surface area (Å²) in [4.78, 5) is 0. The van der Waals surface area contributed by atoms with Crippen LogP contribution in [0, 0.1) is 22.7 Å².